The fourth-order valence-electron chi connectivity index (χ4n) is 5.80. The fourth-order valence-corrected chi connectivity index (χ4v) is 5.80. The summed E-state index contributed by atoms with van der Waals surface area (Å²) in [5.41, 5.74) is 4.59. The van der Waals surface area contributed by atoms with E-state index in [1.54, 1.807) is 24.3 Å². The average Bonchev–Trinajstić information content (AvgIpc) is 3.74. The van der Waals surface area contributed by atoms with Gasteiger partial charge in [0.15, 0.2) is 11.5 Å². The van der Waals surface area contributed by atoms with Crippen LogP contribution in [-0.2, 0) is 32.2 Å². The van der Waals surface area contributed by atoms with Gasteiger partial charge in [-0.25, -0.2) is 4.79 Å². The number of amides is 3. The molecule has 5 aromatic rings. The number of nitrogens with one attached hydrogen (secondary N) is 3. The normalized spacial score (nSPS) is 12.8. The van der Waals surface area contributed by atoms with E-state index in [2.05, 4.69) is 25.8 Å². The number of anilines is 3. The molecule has 0 unspecified atom stereocenters. The molecule has 6 rings (SSSR count). The van der Waals surface area contributed by atoms with Gasteiger partial charge in [0.2, 0.25) is 5.91 Å². The molecular weight excluding hydrogens is 716 g/mol. The molecule has 3 amide bonds. The second-order valence-corrected chi connectivity index (χ2v) is 12.9. The summed E-state index contributed by atoms with van der Waals surface area (Å²) in [7, 11) is 0. The molecular formula is C42H44N6O8. The molecule has 1 aromatic heterocycles. The van der Waals surface area contributed by atoms with Gasteiger partial charge in [-0.15, -0.1) is 0 Å². The van der Waals surface area contributed by atoms with Gasteiger partial charge >= 0.3 is 6.09 Å². The Morgan fingerprint density at radius 1 is 0.679 bits per heavy atom. The highest BCUT2D eigenvalue weighted by Crippen LogP contribution is 2.20. The number of piperazine rings is 1. The van der Waals surface area contributed by atoms with Gasteiger partial charge in [-0.2, -0.15) is 4.98 Å². The van der Waals surface area contributed by atoms with Crippen LogP contribution in [0.3, 0.4) is 0 Å². The Kier molecular flexibility index (Phi) is 14.3. The first kappa shape index (κ1) is 39.3. The van der Waals surface area contributed by atoms with E-state index in [0.717, 1.165) is 30.8 Å². The summed E-state index contributed by atoms with van der Waals surface area (Å²) < 4.78 is 21.6. The lowest BCUT2D eigenvalue weighted by molar-refractivity contribution is -0.121. The SMILES string of the molecule is O=C(COCCOCCNC(=O)OCc1ccccc1)Nc1ccc(NC(=O)c2coc(N3CCN(Cc4ccc(C(=O)c5ccccc5)cc4)CC3)n2)cc1. The summed E-state index contributed by atoms with van der Waals surface area (Å²) in [5.74, 6) is -0.750. The lowest BCUT2D eigenvalue weighted by atomic mass is 10.0. The van der Waals surface area contributed by atoms with E-state index in [1.165, 1.54) is 6.26 Å². The van der Waals surface area contributed by atoms with Crippen LogP contribution in [0.25, 0.3) is 0 Å². The molecule has 1 aliphatic heterocycles. The zero-order valence-corrected chi connectivity index (χ0v) is 30.9. The van der Waals surface area contributed by atoms with Gasteiger partial charge in [0, 0.05) is 61.8 Å². The standard InChI is InChI=1S/C42H44N6O8/c49-38(30-54-26-25-53-24-19-43-42(52)56-28-32-7-3-1-4-8-32)44-35-15-17-36(18-16-35)45-40(51)37-29-55-41(46-37)48-22-20-47(21-23-48)27-31-11-13-34(14-12-31)39(50)33-9-5-2-6-10-33/h1-18,29H,19-28,30H2,(H,43,52)(H,44,49)(H,45,51). The van der Waals surface area contributed by atoms with Crippen LogP contribution in [-0.4, -0.2) is 92.7 Å². The molecule has 0 spiro atoms. The van der Waals surface area contributed by atoms with Crippen LogP contribution in [0.15, 0.2) is 120 Å². The quantitative estimate of drug-likeness (QED) is 0.0776. The van der Waals surface area contributed by atoms with Crippen LogP contribution in [0.4, 0.5) is 22.2 Å². The first-order valence-electron chi connectivity index (χ1n) is 18.3. The molecule has 0 bridgehead atoms. The highest BCUT2D eigenvalue weighted by Gasteiger charge is 2.23. The van der Waals surface area contributed by atoms with Gasteiger partial charge in [-0.3, -0.25) is 19.3 Å². The van der Waals surface area contributed by atoms with Gasteiger partial charge in [-0.05, 0) is 35.4 Å². The maximum Gasteiger partial charge on any atom is 0.407 e. The van der Waals surface area contributed by atoms with Gasteiger partial charge in [0.05, 0.1) is 19.8 Å². The van der Waals surface area contributed by atoms with E-state index in [9.17, 15) is 19.2 Å². The Hall–Kier alpha value is -6.35. The summed E-state index contributed by atoms with van der Waals surface area (Å²) in [6.07, 6.45) is 0.818. The highest BCUT2D eigenvalue weighted by atomic mass is 16.5. The number of rotatable bonds is 18. The summed E-state index contributed by atoms with van der Waals surface area (Å²) in [5, 5.41) is 8.15. The minimum atomic E-state index is -0.526. The third-order valence-corrected chi connectivity index (χ3v) is 8.79. The van der Waals surface area contributed by atoms with Crippen LogP contribution < -0.4 is 20.9 Å². The predicted octanol–water partition coefficient (Wildman–Crippen LogP) is 5.38. The molecule has 14 nitrogen and oxygen atoms in total. The zero-order valence-electron chi connectivity index (χ0n) is 30.9. The Bertz CT molecular complexity index is 2020. The number of carbonyl (C=O) groups excluding carboxylic acids is 4. The largest absolute Gasteiger partial charge is 0.445 e. The smallest absolute Gasteiger partial charge is 0.407 e. The number of ketones is 1. The molecule has 0 atom stereocenters. The number of oxazole rings is 1. The van der Waals surface area contributed by atoms with Crippen molar-refractivity contribution in [3.63, 3.8) is 0 Å². The third kappa shape index (κ3) is 12.1. The van der Waals surface area contributed by atoms with Crippen LogP contribution in [0, 0.1) is 0 Å². The molecule has 0 aliphatic carbocycles. The van der Waals surface area contributed by atoms with Crippen molar-refractivity contribution in [2.75, 3.05) is 74.7 Å². The van der Waals surface area contributed by atoms with Crippen LogP contribution in [0.5, 0.6) is 0 Å². The monoisotopic (exact) mass is 760 g/mol. The lowest BCUT2D eigenvalue weighted by Crippen LogP contribution is -2.46. The van der Waals surface area contributed by atoms with E-state index in [-0.39, 0.29) is 57.0 Å². The molecule has 290 valence electrons. The summed E-state index contributed by atoms with van der Waals surface area (Å²) in [4.78, 5) is 58.4. The molecule has 4 aromatic carbocycles. The Labute approximate surface area is 324 Å². The van der Waals surface area contributed by atoms with Crippen molar-refractivity contribution < 1.29 is 37.8 Å². The molecule has 2 heterocycles. The average molecular weight is 761 g/mol. The Balaban J connectivity index is 0.827. The summed E-state index contributed by atoms with van der Waals surface area (Å²) in [6, 6.07) is 33.5. The molecule has 3 N–H and O–H groups in total. The lowest BCUT2D eigenvalue weighted by Gasteiger charge is -2.33. The molecule has 0 saturated carbocycles. The van der Waals surface area contributed by atoms with E-state index in [1.807, 2.05) is 89.8 Å². The first-order chi connectivity index (χ1) is 27.4. The van der Waals surface area contributed by atoms with Crippen molar-refractivity contribution >= 4 is 41.1 Å². The van der Waals surface area contributed by atoms with Crippen LogP contribution in [0.2, 0.25) is 0 Å². The summed E-state index contributed by atoms with van der Waals surface area (Å²) in [6.45, 7) is 4.73. The molecule has 0 radical (unpaired) electrons. The second-order valence-electron chi connectivity index (χ2n) is 12.9. The molecule has 1 aliphatic rings. The van der Waals surface area contributed by atoms with E-state index < -0.39 is 12.0 Å². The number of benzene rings is 4. The van der Waals surface area contributed by atoms with Crippen molar-refractivity contribution in [1.29, 1.82) is 0 Å². The van der Waals surface area contributed by atoms with Crippen molar-refractivity contribution in [3.8, 4) is 0 Å². The first-order valence-corrected chi connectivity index (χ1v) is 18.3. The van der Waals surface area contributed by atoms with Crippen molar-refractivity contribution in [2.24, 2.45) is 0 Å². The van der Waals surface area contributed by atoms with E-state index >= 15 is 0 Å². The minimum Gasteiger partial charge on any atom is -0.445 e. The van der Waals surface area contributed by atoms with Gasteiger partial charge < -0.3 is 39.5 Å². The maximum atomic E-state index is 12.9. The van der Waals surface area contributed by atoms with E-state index in [0.29, 0.717) is 41.6 Å². The van der Waals surface area contributed by atoms with Crippen LogP contribution in [0.1, 0.15) is 37.5 Å². The topological polar surface area (TPSA) is 165 Å². The highest BCUT2D eigenvalue weighted by molar-refractivity contribution is 6.09. The number of hydrogen-bond donors (Lipinski definition) is 3. The van der Waals surface area contributed by atoms with Gasteiger partial charge in [0.1, 0.15) is 19.5 Å². The third-order valence-electron chi connectivity index (χ3n) is 8.79. The number of ether oxygens (including phenoxy) is 3. The van der Waals surface area contributed by atoms with Gasteiger partial charge in [0.25, 0.3) is 11.9 Å². The molecule has 1 saturated heterocycles. The van der Waals surface area contributed by atoms with Crippen molar-refractivity contribution in [3.05, 3.63) is 143 Å². The minimum absolute atomic E-state index is 0.00900. The zero-order chi connectivity index (χ0) is 39.0. The maximum absolute atomic E-state index is 12.9. The molecule has 14 heteroatoms. The molecule has 1 fully saturated rings. The summed E-state index contributed by atoms with van der Waals surface area (Å²) >= 11 is 0. The molecule has 56 heavy (non-hydrogen) atoms. The predicted molar refractivity (Wildman–Crippen MR) is 210 cm³/mol. The number of carbonyl (C=O) groups is 4. The number of alkyl carbamates (subject to hydrolysis) is 1. The van der Waals surface area contributed by atoms with Crippen molar-refractivity contribution in [2.45, 2.75) is 13.2 Å². The number of nitrogens with zero attached hydrogens (tertiary/aromatic N) is 3. The number of aromatic nitrogens is 1. The van der Waals surface area contributed by atoms with E-state index in [4.69, 9.17) is 18.6 Å². The number of hydrogen-bond acceptors (Lipinski definition) is 11. The Morgan fingerprint density at radius 2 is 1.32 bits per heavy atom. The second kappa shape index (κ2) is 20.4. The van der Waals surface area contributed by atoms with Crippen molar-refractivity contribution in [1.82, 2.24) is 15.2 Å². The van der Waals surface area contributed by atoms with Gasteiger partial charge in [-0.1, -0.05) is 84.9 Å². The Morgan fingerprint density at radius 3 is 2.04 bits per heavy atom. The fraction of sp³-hybridized carbons (Fsp3) is 0.262. The van der Waals surface area contributed by atoms with Crippen LogP contribution >= 0.6 is 0 Å².